The number of benzene rings is 1. The quantitative estimate of drug-likeness (QED) is 0.459. The van der Waals surface area contributed by atoms with Crippen molar-refractivity contribution in [2.24, 2.45) is 0 Å². The Morgan fingerprint density at radius 2 is 2.04 bits per heavy atom. The highest BCUT2D eigenvalue weighted by atomic mass is 35.5. The summed E-state index contributed by atoms with van der Waals surface area (Å²) >= 11 is 0. The minimum absolute atomic E-state index is 0. The maximum Gasteiger partial charge on any atom is 0.312 e. The molecule has 0 atom stereocenters. The van der Waals surface area contributed by atoms with Gasteiger partial charge in [0.25, 0.3) is 0 Å². The molecule has 0 radical (unpaired) electrons. The monoisotopic (exact) mass is 383 g/mol. The predicted octanol–water partition coefficient (Wildman–Crippen LogP) is 2.17. The summed E-state index contributed by atoms with van der Waals surface area (Å²) in [4.78, 5) is 22.7. The number of hydrogen-bond acceptors (Lipinski definition) is 7. The number of anilines is 2. The molecule has 140 valence electrons. The molecule has 0 saturated heterocycles. The van der Waals surface area contributed by atoms with Crippen molar-refractivity contribution < 1.29 is 19.2 Å². The van der Waals surface area contributed by atoms with Crippen LogP contribution in [-0.4, -0.2) is 27.4 Å². The summed E-state index contributed by atoms with van der Waals surface area (Å²) < 4.78 is 11.9. The Morgan fingerprint density at radius 1 is 1.38 bits per heavy atom. The Kier molecular flexibility index (Phi) is 5.56. The van der Waals surface area contributed by atoms with Crippen molar-refractivity contribution in [3.63, 3.8) is 0 Å². The lowest BCUT2D eigenvalue weighted by atomic mass is 10.2. The van der Waals surface area contributed by atoms with E-state index < -0.39 is 4.92 Å². The van der Waals surface area contributed by atoms with E-state index in [1.807, 2.05) is 0 Å². The molecule has 0 fully saturated rings. The van der Waals surface area contributed by atoms with E-state index in [1.165, 1.54) is 4.68 Å². The molecule has 1 aliphatic heterocycles. The molecule has 1 aromatic carbocycles. The van der Waals surface area contributed by atoms with E-state index in [0.717, 1.165) is 0 Å². The van der Waals surface area contributed by atoms with Gasteiger partial charge < -0.3 is 20.5 Å². The van der Waals surface area contributed by atoms with Gasteiger partial charge in [-0.25, -0.2) is 0 Å². The molecule has 3 N–H and O–H groups in total. The number of amides is 1. The van der Waals surface area contributed by atoms with Crippen LogP contribution in [0.4, 0.5) is 17.1 Å². The van der Waals surface area contributed by atoms with Crippen LogP contribution >= 0.6 is 12.4 Å². The molecule has 0 spiro atoms. The fourth-order valence-electron chi connectivity index (χ4n) is 2.66. The zero-order chi connectivity index (χ0) is 18.1. The van der Waals surface area contributed by atoms with Gasteiger partial charge >= 0.3 is 5.69 Å². The molecule has 0 unspecified atom stereocenters. The van der Waals surface area contributed by atoms with Crippen molar-refractivity contribution in [3.05, 3.63) is 33.6 Å². The minimum Gasteiger partial charge on any atom is -0.454 e. The Bertz CT molecular complexity index is 867. The number of carbonyl (C=O) groups excluding carboxylic acids is 1. The van der Waals surface area contributed by atoms with Crippen LogP contribution in [0.3, 0.4) is 0 Å². The number of ether oxygens (including phenoxy) is 2. The third-order valence-corrected chi connectivity index (χ3v) is 3.90. The molecule has 1 aliphatic rings. The molecule has 11 heteroatoms. The first-order valence-electron chi connectivity index (χ1n) is 7.54. The molecule has 2 aromatic rings. The lowest BCUT2D eigenvalue weighted by Gasteiger charge is -2.10. The van der Waals surface area contributed by atoms with E-state index in [2.05, 4.69) is 10.4 Å². The SMILES string of the molecule is Cc1nn(CCC(=O)Nc2cc3c(cc2N)OCO3)c(C)c1[N+](=O)[O-].Cl. The molecule has 2 heterocycles. The normalized spacial score (nSPS) is 11.8. The Labute approximate surface area is 154 Å². The van der Waals surface area contributed by atoms with E-state index in [0.29, 0.717) is 34.3 Å². The number of aromatic nitrogens is 2. The van der Waals surface area contributed by atoms with Gasteiger partial charge in [-0.2, -0.15) is 5.10 Å². The van der Waals surface area contributed by atoms with Gasteiger partial charge in [-0.15, -0.1) is 12.4 Å². The Morgan fingerprint density at radius 3 is 2.65 bits per heavy atom. The van der Waals surface area contributed by atoms with Crippen LogP contribution in [0, 0.1) is 24.0 Å². The largest absolute Gasteiger partial charge is 0.454 e. The standard InChI is InChI=1S/C15H17N5O5.ClH/c1-8-15(20(22)23)9(2)19(18-8)4-3-14(21)17-11-6-13-12(5-10(11)16)24-7-25-13;/h5-6H,3-4,7,16H2,1-2H3,(H,17,21);1H. The molecule has 26 heavy (non-hydrogen) atoms. The summed E-state index contributed by atoms with van der Waals surface area (Å²) in [6, 6.07) is 3.19. The fraction of sp³-hybridized carbons (Fsp3) is 0.333. The van der Waals surface area contributed by atoms with Gasteiger partial charge in [0.15, 0.2) is 11.5 Å². The van der Waals surface area contributed by atoms with Crippen LogP contribution in [0.15, 0.2) is 12.1 Å². The highest BCUT2D eigenvalue weighted by Crippen LogP contribution is 2.38. The van der Waals surface area contributed by atoms with Crippen LogP contribution < -0.4 is 20.5 Å². The zero-order valence-corrected chi connectivity index (χ0v) is 15.0. The first-order valence-corrected chi connectivity index (χ1v) is 7.54. The van der Waals surface area contributed by atoms with Crippen molar-refractivity contribution in [2.75, 3.05) is 17.8 Å². The molecule has 1 aromatic heterocycles. The molecule has 3 rings (SSSR count). The second kappa shape index (κ2) is 7.48. The average molecular weight is 384 g/mol. The summed E-state index contributed by atoms with van der Waals surface area (Å²) in [7, 11) is 0. The van der Waals surface area contributed by atoms with Crippen molar-refractivity contribution in [1.29, 1.82) is 0 Å². The predicted molar refractivity (Wildman–Crippen MR) is 95.8 cm³/mol. The number of aryl methyl sites for hydroxylation is 2. The maximum atomic E-state index is 12.2. The number of nitro groups is 1. The summed E-state index contributed by atoms with van der Waals surface area (Å²) in [5, 5.41) is 17.8. The Balaban J connectivity index is 0.00000243. The third kappa shape index (κ3) is 3.64. The molecule has 0 aliphatic carbocycles. The summed E-state index contributed by atoms with van der Waals surface area (Å²) in [6.45, 7) is 3.50. The number of rotatable bonds is 5. The van der Waals surface area contributed by atoms with Crippen LogP contribution in [-0.2, 0) is 11.3 Å². The molecular weight excluding hydrogens is 366 g/mol. The van der Waals surface area contributed by atoms with E-state index in [-0.39, 0.29) is 43.8 Å². The van der Waals surface area contributed by atoms with Gasteiger partial charge in [0.05, 0.1) is 22.8 Å². The highest BCUT2D eigenvalue weighted by molar-refractivity contribution is 5.94. The van der Waals surface area contributed by atoms with Crippen LogP contribution in [0.25, 0.3) is 0 Å². The summed E-state index contributed by atoms with van der Waals surface area (Å²) in [6.07, 6.45) is 0.0903. The van der Waals surface area contributed by atoms with Gasteiger partial charge in [-0.3, -0.25) is 19.6 Å². The van der Waals surface area contributed by atoms with Gasteiger partial charge in [0.1, 0.15) is 11.4 Å². The first-order chi connectivity index (χ1) is 11.9. The van der Waals surface area contributed by atoms with Crippen LogP contribution in [0.1, 0.15) is 17.8 Å². The second-order valence-corrected chi connectivity index (χ2v) is 5.59. The molecule has 0 bridgehead atoms. The molecule has 1 amide bonds. The van der Waals surface area contributed by atoms with Gasteiger partial charge in [0, 0.05) is 18.6 Å². The number of halogens is 1. The average Bonchev–Trinajstić information content (AvgIpc) is 3.09. The number of nitrogens with one attached hydrogen (secondary N) is 1. The lowest BCUT2D eigenvalue weighted by molar-refractivity contribution is -0.386. The van der Waals surface area contributed by atoms with Gasteiger partial charge in [-0.05, 0) is 13.8 Å². The van der Waals surface area contributed by atoms with E-state index in [1.54, 1.807) is 26.0 Å². The van der Waals surface area contributed by atoms with Crippen LogP contribution in [0.2, 0.25) is 0 Å². The van der Waals surface area contributed by atoms with Crippen LogP contribution in [0.5, 0.6) is 11.5 Å². The fourth-order valence-corrected chi connectivity index (χ4v) is 2.66. The number of hydrogen-bond donors (Lipinski definition) is 2. The summed E-state index contributed by atoms with van der Waals surface area (Å²) in [5.41, 5.74) is 7.38. The number of nitrogens with zero attached hydrogens (tertiary/aromatic N) is 3. The van der Waals surface area contributed by atoms with Crippen molar-refractivity contribution >= 4 is 35.4 Å². The molecular formula is C15H18ClN5O5. The number of nitrogen functional groups attached to an aromatic ring is 1. The molecule has 10 nitrogen and oxygen atoms in total. The minimum atomic E-state index is -0.471. The lowest BCUT2D eigenvalue weighted by Crippen LogP contribution is -2.16. The Hall–Kier alpha value is -3.01. The first kappa shape index (κ1) is 19.3. The van der Waals surface area contributed by atoms with Crippen molar-refractivity contribution in [1.82, 2.24) is 9.78 Å². The topological polar surface area (TPSA) is 135 Å². The maximum absolute atomic E-state index is 12.2. The highest BCUT2D eigenvalue weighted by Gasteiger charge is 2.22. The number of fused-ring (bicyclic) bond motifs is 1. The zero-order valence-electron chi connectivity index (χ0n) is 14.1. The second-order valence-electron chi connectivity index (χ2n) is 5.59. The van der Waals surface area contributed by atoms with Crippen molar-refractivity contribution in [3.8, 4) is 11.5 Å². The van der Waals surface area contributed by atoms with E-state index >= 15 is 0 Å². The van der Waals surface area contributed by atoms with Gasteiger partial charge in [0.2, 0.25) is 12.7 Å². The number of nitrogens with two attached hydrogens (primary N) is 1. The van der Waals surface area contributed by atoms with Crippen molar-refractivity contribution in [2.45, 2.75) is 26.8 Å². The van der Waals surface area contributed by atoms with E-state index in [9.17, 15) is 14.9 Å². The van der Waals surface area contributed by atoms with Gasteiger partial charge in [-0.1, -0.05) is 0 Å². The number of carbonyl (C=O) groups is 1. The smallest absolute Gasteiger partial charge is 0.312 e. The summed E-state index contributed by atoms with van der Waals surface area (Å²) in [5.74, 6) is 0.755. The molecule has 0 saturated carbocycles. The van der Waals surface area contributed by atoms with E-state index in [4.69, 9.17) is 15.2 Å². The third-order valence-electron chi connectivity index (χ3n) is 3.90.